The Balaban J connectivity index is 3.95. The quantitative estimate of drug-likeness (QED) is 0.470. The van der Waals surface area contributed by atoms with E-state index in [1.807, 2.05) is 6.92 Å². The van der Waals surface area contributed by atoms with Crippen LogP contribution in [-0.4, -0.2) is 17.4 Å². The average Bonchev–Trinajstić information content (AvgIpc) is 1.86. The fourth-order valence-electron chi connectivity index (χ4n) is 0.599. The first-order chi connectivity index (χ1) is 4.70. The molecular formula is C7H10O3. The van der Waals surface area contributed by atoms with Crippen molar-refractivity contribution < 1.29 is 14.7 Å². The molecule has 0 aromatic carbocycles. The van der Waals surface area contributed by atoms with Gasteiger partial charge in [-0.3, -0.25) is 9.59 Å². The number of carboxylic acid groups (broad SMARTS) is 1. The first-order valence-electron chi connectivity index (χ1n) is 3.06. The number of aldehydes is 1. The Morgan fingerprint density at radius 1 is 1.60 bits per heavy atom. The Bertz CT molecular complexity index is 158. The van der Waals surface area contributed by atoms with Gasteiger partial charge in [0.15, 0.2) is 0 Å². The van der Waals surface area contributed by atoms with Crippen LogP contribution in [0.15, 0.2) is 11.6 Å². The third-order valence-electron chi connectivity index (χ3n) is 0.973. The minimum Gasteiger partial charge on any atom is -0.481 e. The molecule has 0 aromatic heterocycles. The second-order valence-electron chi connectivity index (χ2n) is 1.88. The minimum absolute atomic E-state index is 0.169. The van der Waals surface area contributed by atoms with Gasteiger partial charge in [0.05, 0.1) is 6.42 Å². The molecule has 0 radical (unpaired) electrons. The highest BCUT2D eigenvalue weighted by Crippen LogP contribution is 1.98. The zero-order valence-electron chi connectivity index (χ0n) is 5.83. The van der Waals surface area contributed by atoms with E-state index in [0.29, 0.717) is 18.3 Å². The van der Waals surface area contributed by atoms with Gasteiger partial charge in [0.25, 0.3) is 0 Å². The molecule has 0 bridgehead atoms. The molecule has 0 aliphatic rings. The van der Waals surface area contributed by atoms with E-state index in [-0.39, 0.29) is 6.42 Å². The summed E-state index contributed by atoms with van der Waals surface area (Å²) < 4.78 is 0. The Morgan fingerprint density at radius 2 is 2.20 bits per heavy atom. The molecule has 0 saturated carbocycles. The van der Waals surface area contributed by atoms with Crippen molar-refractivity contribution in [2.24, 2.45) is 0 Å². The first kappa shape index (κ1) is 8.88. The Labute approximate surface area is 59.4 Å². The predicted molar refractivity (Wildman–Crippen MR) is 36.7 cm³/mol. The normalized spacial score (nSPS) is 11.1. The average molecular weight is 142 g/mol. The van der Waals surface area contributed by atoms with Crippen LogP contribution in [0.2, 0.25) is 0 Å². The third-order valence-corrected chi connectivity index (χ3v) is 0.973. The molecule has 3 heteroatoms. The standard InChI is InChI=1S/C7H10O3/c1-2-3-6(5-8)4-7(9)10/h3,5H,2,4H2,1H3,(H,9,10). The van der Waals surface area contributed by atoms with Gasteiger partial charge in [-0.15, -0.1) is 0 Å². The molecule has 0 unspecified atom stereocenters. The first-order valence-corrected chi connectivity index (χ1v) is 3.06. The van der Waals surface area contributed by atoms with Gasteiger partial charge < -0.3 is 5.11 Å². The maximum atomic E-state index is 10.1. The van der Waals surface area contributed by atoms with E-state index in [2.05, 4.69) is 0 Å². The van der Waals surface area contributed by atoms with Crippen molar-refractivity contribution in [3.05, 3.63) is 11.6 Å². The highest BCUT2D eigenvalue weighted by Gasteiger charge is 2.00. The van der Waals surface area contributed by atoms with Crippen LogP contribution in [0.25, 0.3) is 0 Å². The summed E-state index contributed by atoms with van der Waals surface area (Å²) in [4.78, 5) is 20.1. The maximum Gasteiger partial charge on any atom is 0.307 e. The van der Waals surface area contributed by atoms with Crippen molar-refractivity contribution in [3.8, 4) is 0 Å². The van der Waals surface area contributed by atoms with Crippen molar-refractivity contribution in [2.45, 2.75) is 19.8 Å². The minimum atomic E-state index is -0.966. The lowest BCUT2D eigenvalue weighted by Gasteiger charge is -1.91. The molecule has 0 saturated heterocycles. The number of hydrogen-bond donors (Lipinski definition) is 1. The number of aliphatic carboxylic acids is 1. The van der Waals surface area contributed by atoms with E-state index in [9.17, 15) is 9.59 Å². The van der Waals surface area contributed by atoms with Crippen LogP contribution in [-0.2, 0) is 9.59 Å². The molecule has 0 aromatic rings. The fourth-order valence-corrected chi connectivity index (χ4v) is 0.599. The fraction of sp³-hybridized carbons (Fsp3) is 0.429. The number of carbonyl (C=O) groups is 2. The van der Waals surface area contributed by atoms with Gasteiger partial charge in [-0.25, -0.2) is 0 Å². The lowest BCUT2D eigenvalue weighted by atomic mass is 10.2. The van der Waals surface area contributed by atoms with Gasteiger partial charge in [0, 0.05) is 0 Å². The van der Waals surface area contributed by atoms with Gasteiger partial charge in [-0.2, -0.15) is 0 Å². The molecule has 0 atom stereocenters. The van der Waals surface area contributed by atoms with Crippen LogP contribution in [0.1, 0.15) is 19.8 Å². The van der Waals surface area contributed by atoms with Crippen LogP contribution in [0, 0.1) is 0 Å². The number of rotatable bonds is 4. The van der Waals surface area contributed by atoms with Gasteiger partial charge >= 0.3 is 5.97 Å². The summed E-state index contributed by atoms with van der Waals surface area (Å²) in [5, 5.41) is 8.24. The van der Waals surface area contributed by atoms with Crippen molar-refractivity contribution in [1.82, 2.24) is 0 Å². The number of allylic oxidation sites excluding steroid dienone is 1. The molecule has 1 N–H and O–H groups in total. The van der Waals surface area contributed by atoms with Crippen LogP contribution < -0.4 is 0 Å². The van der Waals surface area contributed by atoms with Crippen molar-refractivity contribution >= 4 is 12.3 Å². The van der Waals surface area contributed by atoms with E-state index in [1.165, 1.54) is 0 Å². The van der Waals surface area contributed by atoms with E-state index < -0.39 is 5.97 Å². The molecule has 0 spiro atoms. The third kappa shape index (κ3) is 3.83. The molecule has 10 heavy (non-hydrogen) atoms. The predicted octanol–water partition coefficient (Wildman–Crippen LogP) is 0.996. The summed E-state index contributed by atoms with van der Waals surface area (Å²) in [6.07, 6.45) is 2.72. The summed E-state index contributed by atoms with van der Waals surface area (Å²) in [6, 6.07) is 0. The SMILES string of the molecule is CCC=C(C=O)CC(=O)O. The zero-order valence-corrected chi connectivity index (χ0v) is 5.83. The topological polar surface area (TPSA) is 54.4 Å². The van der Waals surface area contributed by atoms with Crippen LogP contribution in [0.5, 0.6) is 0 Å². The summed E-state index contributed by atoms with van der Waals surface area (Å²) in [5.74, 6) is -0.966. The van der Waals surface area contributed by atoms with Gasteiger partial charge in [-0.05, 0) is 12.0 Å². The highest BCUT2D eigenvalue weighted by molar-refractivity contribution is 5.83. The smallest absolute Gasteiger partial charge is 0.307 e. The molecule has 0 aliphatic heterocycles. The largest absolute Gasteiger partial charge is 0.481 e. The van der Waals surface area contributed by atoms with E-state index in [0.717, 1.165) is 0 Å². The Kier molecular flexibility index (Phi) is 4.20. The Hall–Kier alpha value is -1.12. The number of hydrogen-bond acceptors (Lipinski definition) is 2. The molecule has 0 fully saturated rings. The molecule has 0 heterocycles. The highest BCUT2D eigenvalue weighted by atomic mass is 16.4. The van der Waals surface area contributed by atoms with Crippen LogP contribution >= 0.6 is 0 Å². The monoisotopic (exact) mass is 142 g/mol. The van der Waals surface area contributed by atoms with Gasteiger partial charge in [0.2, 0.25) is 0 Å². The second kappa shape index (κ2) is 4.73. The summed E-state index contributed by atoms with van der Waals surface area (Å²) in [5.41, 5.74) is 0.343. The molecule has 3 nitrogen and oxygen atoms in total. The number of carbonyl (C=O) groups excluding carboxylic acids is 1. The lowest BCUT2D eigenvalue weighted by molar-refractivity contribution is -0.136. The maximum absolute atomic E-state index is 10.1. The van der Waals surface area contributed by atoms with Crippen molar-refractivity contribution in [1.29, 1.82) is 0 Å². The molecule has 0 amide bonds. The summed E-state index contributed by atoms with van der Waals surface area (Å²) in [7, 11) is 0. The molecular weight excluding hydrogens is 132 g/mol. The van der Waals surface area contributed by atoms with E-state index in [1.54, 1.807) is 6.08 Å². The van der Waals surface area contributed by atoms with Crippen LogP contribution in [0.4, 0.5) is 0 Å². The molecule has 56 valence electrons. The molecule has 0 aliphatic carbocycles. The Morgan fingerprint density at radius 3 is 2.50 bits per heavy atom. The van der Waals surface area contributed by atoms with E-state index >= 15 is 0 Å². The number of carboxylic acids is 1. The van der Waals surface area contributed by atoms with Gasteiger partial charge in [-0.1, -0.05) is 13.0 Å². The second-order valence-corrected chi connectivity index (χ2v) is 1.88. The van der Waals surface area contributed by atoms with Gasteiger partial charge in [0.1, 0.15) is 6.29 Å². The zero-order chi connectivity index (χ0) is 7.98. The van der Waals surface area contributed by atoms with Crippen LogP contribution in [0.3, 0.4) is 0 Å². The van der Waals surface area contributed by atoms with Crippen molar-refractivity contribution in [3.63, 3.8) is 0 Å². The van der Waals surface area contributed by atoms with Crippen molar-refractivity contribution in [2.75, 3.05) is 0 Å². The lowest BCUT2D eigenvalue weighted by Crippen LogP contribution is -1.97. The summed E-state index contributed by atoms with van der Waals surface area (Å²) >= 11 is 0. The van der Waals surface area contributed by atoms with E-state index in [4.69, 9.17) is 5.11 Å². The molecule has 0 rings (SSSR count). The summed E-state index contributed by atoms with van der Waals surface area (Å²) in [6.45, 7) is 1.85.